The van der Waals surface area contributed by atoms with E-state index in [0.29, 0.717) is 0 Å². The van der Waals surface area contributed by atoms with Gasteiger partial charge < -0.3 is 10.5 Å². The van der Waals surface area contributed by atoms with Crippen LogP contribution >= 0.6 is 0 Å². The molecule has 0 saturated carbocycles. The predicted molar refractivity (Wildman–Crippen MR) is 56.3 cm³/mol. The van der Waals surface area contributed by atoms with Crippen molar-refractivity contribution in [2.45, 2.75) is 37.8 Å². The molecule has 2 N–H and O–H groups in total. The van der Waals surface area contributed by atoms with Crippen molar-refractivity contribution in [3.05, 3.63) is 12.2 Å². The number of aryl methyl sites for hydroxylation is 1. The highest BCUT2D eigenvalue weighted by molar-refractivity contribution is 4.91. The zero-order valence-electron chi connectivity index (χ0n) is 9.09. The van der Waals surface area contributed by atoms with Crippen LogP contribution in [-0.4, -0.2) is 33.5 Å². The van der Waals surface area contributed by atoms with E-state index in [9.17, 15) is 0 Å². The molecule has 1 aromatic heterocycles. The molecule has 2 rings (SSSR count). The average molecular weight is 210 g/mol. The summed E-state index contributed by atoms with van der Waals surface area (Å²) in [4.78, 5) is 4.17. The van der Waals surface area contributed by atoms with Crippen LogP contribution in [-0.2, 0) is 18.2 Å². The molecule has 2 heterocycles. The third-order valence-electron chi connectivity index (χ3n) is 2.92. The van der Waals surface area contributed by atoms with E-state index in [4.69, 9.17) is 10.5 Å². The molecule has 2 atom stereocenters. The summed E-state index contributed by atoms with van der Waals surface area (Å²) in [6.45, 7) is 0.844. The number of ether oxygens (including phenoxy) is 1. The van der Waals surface area contributed by atoms with Gasteiger partial charge in [0.05, 0.1) is 6.10 Å². The quantitative estimate of drug-likeness (QED) is 0.777. The molecule has 0 radical (unpaired) electrons. The van der Waals surface area contributed by atoms with Crippen LogP contribution < -0.4 is 5.73 Å². The molecule has 5 nitrogen and oxygen atoms in total. The normalized spacial score (nSPS) is 24.0. The van der Waals surface area contributed by atoms with Crippen molar-refractivity contribution in [3.8, 4) is 0 Å². The molecule has 1 fully saturated rings. The first kappa shape index (κ1) is 10.6. The van der Waals surface area contributed by atoms with Crippen LogP contribution in [0.4, 0.5) is 0 Å². The minimum absolute atomic E-state index is 0.0354. The maximum absolute atomic E-state index is 6.10. The van der Waals surface area contributed by atoms with E-state index >= 15 is 0 Å². The Hall–Kier alpha value is -0.940. The number of nitrogens with zero attached hydrogens (tertiary/aromatic N) is 3. The topological polar surface area (TPSA) is 66.0 Å². The van der Waals surface area contributed by atoms with Crippen LogP contribution in [0.3, 0.4) is 0 Å². The van der Waals surface area contributed by atoms with Gasteiger partial charge in [-0.15, -0.1) is 0 Å². The lowest BCUT2D eigenvalue weighted by molar-refractivity contribution is 0.000158. The van der Waals surface area contributed by atoms with Gasteiger partial charge in [0.2, 0.25) is 0 Å². The fourth-order valence-electron chi connectivity index (χ4n) is 1.95. The number of nitrogens with two attached hydrogens (primary N) is 1. The summed E-state index contributed by atoms with van der Waals surface area (Å²) in [6, 6.07) is 0.0354. The standard InChI is InChI=1S/C10H18N4O/c1-14-10(12-7-13-14)6-8(11)9-4-2-3-5-15-9/h7-9H,2-6,11H2,1H3. The van der Waals surface area contributed by atoms with Crippen molar-refractivity contribution in [1.29, 1.82) is 0 Å². The van der Waals surface area contributed by atoms with E-state index in [1.54, 1.807) is 11.0 Å². The first-order chi connectivity index (χ1) is 7.27. The molecule has 0 aromatic carbocycles. The van der Waals surface area contributed by atoms with Gasteiger partial charge in [-0.1, -0.05) is 0 Å². The molecule has 0 aliphatic carbocycles. The fraction of sp³-hybridized carbons (Fsp3) is 0.800. The summed E-state index contributed by atoms with van der Waals surface area (Å²) in [7, 11) is 1.89. The molecule has 5 heteroatoms. The molecular formula is C10H18N4O. The van der Waals surface area contributed by atoms with E-state index < -0.39 is 0 Å². The van der Waals surface area contributed by atoms with Crippen molar-refractivity contribution in [1.82, 2.24) is 14.8 Å². The number of hydrogen-bond acceptors (Lipinski definition) is 4. The molecule has 0 bridgehead atoms. The van der Waals surface area contributed by atoms with Gasteiger partial charge in [0.15, 0.2) is 0 Å². The van der Waals surface area contributed by atoms with Crippen LogP contribution in [0.1, 0.15) is 25.1 Å². The number of hydrogen-bond donors (Lipinski definition) is 1. The summed E-state index contributed by atoms with van der Waals surface area (Å²) >= 11 is 0. The van der Waals surface area contributed by atoms with E-state index in [1.807, 2.05) is 7.05 Å². The van der Waals surface area contributed by atoms with Crippen LogP contribution in [0.25, 0.3) is 0 Å². The van der Waals surface area contributed by atoms with E-state index in [2.05, 4.69) is 10.1 Å². The summed E-state index contributed by atoms with van der Waals surface area (Å²) in [5, 5.41) is 4.02. The van der Waals surface area contributed by atoms with E-state index in [1.165, 1.54) is 6.42 Å². The molecule has 1 saturated heterocycles. The Labute approximate surface area is 89.6 Å². The van der Waals surface area contributed by atoms with Crippen molar-refractivity contribution in [2.24, 2.45) is 12.8 Å². The number of rotatable bonds is 3. The molecule has 84 valence electrons. The smallest absolute Gasteiger partial charge is 0.138 e. The number of aromatic nitrogens is 3. The maximum Gasteiger partial charge on any atom is 0.138 e. The molecule has 1 aliphatic rings. The molecule has 15 heavy (non-hydrogen) atoms. The zero-order valence-corrected chi connectivity index (χ0v) is 9.09. The minimum Gasteiger partial charge on any atom is -0.377 e. The molecule has 0 spiro atoms. The van der Waals surface area contributed by atoms with Crippen LogP contribution in [0.15, 0.2) is 6.33 Å². The SMILES string of the molecule is Cn1ncnc1CC(N)C1CCCCO1. The maximum atomic E-state index is 6.10. The second-order valence-corrected chi connectivity index (χ2v) is 4.07. The summed E-state index contributed by atoms with van der Waals surface area (Å²) in [5.74, 6) is 0.927. The zero-order chi connectivity index (χ0) is 10.7. The second-order valence-electron chi connectivity index (χ2n) is 4.07. The largest absolute Gasteiger partial charge is 0.377 e. The van der Waals surface area contributed by atoms with E-state index in [0.717, 1.165) is 31.7 Å². The fourth-order valence-corrected chi connectivity index (χ4v) is 1.95. The van der Waals surface area contributed by atoms with Gasteiger partial charge in [0.25, 0.3) is 0 Å². The van der Waals surface area contributed by atoms with Crippen LogP contribution in [0.5, 0.6) is 0 Å². The lowest BCUT2D eigenvalue weighted by atomic mass is 10.0. The Morgan fingerprint density at radius 3 is 3.13 bits per heavy atom. The molecule has 0 amide bonds. The summed E-state index contributed by atoms with van der Waals surface area (Å²) < 4.78 is 7.41. The van der Waals surface area contributed by atoms with Crippen LogP contribution in [0, 0.1) is 0 Å². The molecular weight excluding hydrogens is 192 g/mol. The highest BCUT2D eigenvalue weighted by Gasteiger charge is 2.22. The van der Waals surface area contributed by atoms with Crippen LogP contribution in [0.2, 0.25) is 0 Å². The monoisotopic (exact) mass is 210 g/mol. The van der Waals surface area contributed by atoms with Gasteiger partial charge in [-0.25, -0.2) is 4.98 Å². The first-order valence-corrected chi connectivity index (χ1v) is 5.47. The molecule has 1 aliphatic heterocycles. The Balaban J connectivity index is 1.91. The third kappa shape index (κ3) is 2.54. The molecule has 2 unspecified atom stereocenters. The summed E-state index contributed by atoms with van der Waals surface area (Å²) in [6.07, 6.45) is 5.93. The van der Waals surface area contributed by atoms with Gasteiger partial charge in [-0.05, 0) is 19.3 Å². The predicted octanol–water partition coefficient (Wildman–Crippen LogP) is 0.254. The minimum atomic E-state index is 0.0354. The first-order valence-electron chi connectivity index (χ1n) is 5.47. The lowest BCUT2D eigenvalue weighted by Gasteiger charge is -2.27. The third-order valence-corrected chi connectivity index (χ3v) is 2.92. The Morgan fingerprint density at radius 2 is 2.53 bits per heavy atom. The van der Waals surface area contributed by atoms with Gasteiger partial charge in [-0.2, -0.15) is 5.10 Å². The van der Waals surface area contributed by atoms with Gasteiger partial charge in [-0.3, -0.25) is 4.68 Å². The second kappa shape index (κ2) is 4.72. The Kier molecular flexibility index (Phi) is 3.33. The van der Waals surface area contributed by atoms with Crippen molar-refractivity contribution in [3.63, 3.8) is 0 Å². The van der Waals surface area contributed by atoms with Gasteiger partial charge in [0.1, 0.15) is 12.2 Å². The highest BCUT2D eigenvalue weighted by Crippen LogP contribution is 2.16. The Bertz CT molecular complexity index is 306. The van der Waals surface area contributed by atoms with E-state index in [-0.39, 0.29) is 12.1 Å². The summed E-state index contributed by atoms with van der Waals surface area (Å²) in [5.41, 5.74) is 6.10. The Morgan fingerprint density at radius 1 is 1.67 bits per heavy atom. The van der Waals surface area contributed by atoms with Crippen molar-refractivity contribution in [2.75, 3.05) is 6.61 Å². The average Bonchev–Trinajstić information content (AvgIpc) is 2.66. The molecule has 1 aromatic rings. The van der Waals surface area contributed by atoms with Crippen molar-refractivity contribution >= 4 is 0 Å². The van der Waals surface area contributed by atoms with Gasteiger partial charge >= 0.3 is 0 Å². The highest BCUT2D eigenvalue weighted by atomic mass is 16.5. The van der Waals surface area contributed by atoms with Gasteiger partial charge in [0, 0.05) is 26.1 Å². The lowest BCUT2D eigenvalue weighted by Crippen LogP contribution is -2.41. The van der Waals surface area contributed by atoms with Crippen molar-refractivity contribution < 1.29 is 4.74 Å².